The highest BCUT2D eigenvalue weighted by molar-refractivity contribution is 5.81. The molecule has 1 N–H and O–H groups in total. The predicted molar refractivity (Wildman–Crippen MR) is 68.8 cm³/mol. The van der Waals surface area contributed by atoms with E-state index in [1.54, 1.807) is 0 Å². The molecule has 1 fully saturated rings. The van der Waals surface area contributed by atoms with Crippen molar-refractivity contribution in [3.63, 3.8) is 0 Å². The van der Waals surface area contributed by atoms with Gasteiger partial charge >= 0.3 is 0 Å². The SMILES string of the molecule is CN(CCc1ccccc1)C(=O)C1CCCN1. The van der Waals surface area contributed by atoms with Gasteiger partial charge in [0.25, 0.3) is 0 Å². The lowest BCUT2D eigenvalue weighted by Gasteiger charge is -2.21. The summed E-state index contributed by atoms with van der Waals surface area (Å²) in [5.41, 5.74) is 1.28. The molecule has 1 aliphatic rings. The van der Waals surface area contributed by atoms with Gasteiger partial charge in [-0.2, -0.15) is 0 Å². The summed E-state index contributed by atoms with van der Waals surface area (Å²) in [4.78, 5) is 13.9. The number of likely N-dealkylation sites (N-methyl/N-ethyl adjacent to an activating group) is 1. The number of hydrogen-bond donors (Lipinski definition) is 1. The first-order valence-corrected chi connectivity index (χ1v) is 6.29. The number of nitrogens with one attached hydrogen (secondary N) is 1. The Kier molecular flexibility index (Phi) is 4.15. The van der Waals surface area contributed by atoms with E-state index in [1.807, 2.05) is 30.1 Å². The van der Waals surface area contributed by atoms with Gasteiger partial charge in [0, 0.05) is 13.6 Å². The molecule has 0 bridgehead atoms. The second-order valence-electron chi connectivity index (χ2n) is 4.64. The summed E-state index contributed by atoms with van der Waals surface area (Å²) in [5, 5.41) is 3.24. The van der Waals surface area contributed by atoms with E-state index in [2.05, 4.69) is 17.4 Å². The smallest absolute Gasteiger partial charge is 0.239 e. The van der Waals surface area contributed by atoms with Crippen LogP contribution < -0.4 is 5.32 Å². The fourth-order valence-electron chi connectivity index (χ4n) is 2.21. The van der Waals surface area contributed by atoms with Crippen LogP contribution in [0.1, 0.15) is 18.4 Å². The van der Waals surface area contributed by atoms with Crippen molar-refractivity contribution >= 4 is 5.91 Å². The van der Waals surface area contributed by atoms with Crippen LogP contribution in [0.3, 0.4) is 0 Å². The van der Waals surface area contributed by atoms with Crippen LogP contribution in [0.2, 0.25) is 0 Å². The van der Waals surface area contributed by atoms with Crippen LogP contribution in [0.4, 0.5) is 0 Å². The maximum Gasteiger partial charge on any atom is 0.239 e. The highest BCUT2D eigenvalue weighted by Gasteiger charge is 2.24. The van der Waals surface area contributed by atoms with Crippen molar-refractivity contribution in [2.45, 2.75) is 25.3 Å². The second kappa shape index (κ2) is 5.82. The molecule has 1 saturated heterocycles. The Morgan fingerprint density at radius 1 is 1.41 bits per heavy atom. The van der Waals surface area contributed by atoms with Gasteiger partial charge in [0.05, 0.1) is 6.04 Å². The van der Waals surface area contributed by atoms with E-state index >= 15 is 0 Å². The highest BCUT2D eigenvalue weighted by atomic mass is 16.2. The fraction of sp³-hybridized carbons (Fsp3) is 0.500. The molecule has 1 aromatic rings. The molecule has 3 heteroatoms. The molecule has 1 unspecified atom stereocenters. The van der Waals surface area contributed by atoms with Crippen molar-refractivity contribution in [2.75, 3.05) is 20.1 Å². The van der Waals surface area contributed by atoms with E-state index in [4.69, 9.17) is 0 Å². The number of hydrogen-bond acceptors (Lipinski definition) is 2. The topological polar surface area (TPSA) is 32.3 Å². The molecule has 17 heavy (non-hydrogen) atoms. The van der Waals surface area contributed by atoms with Gasteiger partial charge < -0.3 is 10.2 Å². The summed E-state index contributed by atoms with van der Waals surface area (Å²) in [6.07, 6.45) is 3.02. The second-order valence-corrected chi connectivity index (χ2v) is 4.64. The Balaban J connectivity index is 1.80. The minimum atomic E-state index is 0.0516. The van der Waals surface area contributed by atoms with E-state index in [-0.39, 0.29) is 11.9 Å². The van der Waals surface area contributed by atoms with Crippen LogP contribution >= 0.6 is 0 Å². The summed E-state index contributed by atoms with van der Waals surface area (Å²) < 4.78 is 0. The Labute approximate surface area is 103 Å². The molecule has 1 aliphatic heterocycles. The third kappa shape index (κ3) is 3.30. The highest BCUT2D eigenvalue weighted by Crippen LogP contribution is 2.08. The van der Waals surface area contributed by atoms with Crippen molar-refractivity contribution in [3.05, 3.63) is 35.9 Å². The van der Waals surface area contributed by atoms with Crippen LogP contribution in [0, 0.1) is 0 Å². The zero-order valence-electron chi connectivity index (χ0n) is 10.4. The number of rotatable bonds is 4. The van der Waals surface area contributed by atoms with Crippen LogP contribution in [0.15, 0.2) is 30.3 Å². The van der Waals surface area contributed by atoms with E-state index in [0.717, 1.165) is 32.4 Å². The van der Waals surface area contributed by atoms with Crippen molar-refractivity contribution in [1.29, 1.82) is 0 Å². The van der Waals surface area contributed by atoms with Crippen LogP contribution in [-0.4, -0.2) is 37.0 Å². The lowest BCUT2D eigenvalue weighted by molar-refractivity contribution is -0.131. The average molecular weight is 232 g/mol. The number of nitrogens with zero attached hydrogens (tertiary/aromatic N) is 1. The van der Waals surface area contributed by atoms with Gasteiger partial charge in [-0.1, -0.05) is 30.3 Å². The molecule has 0 radical (unpaired) electrons. The molecule has 1 atom stereocenters. The molecular formula is C14H20N2O. The lowest BCUT2D eigenvalue weighted by atomic mass is 10.1. The van der Waals surface area contributed by atoms with E-state index in [1.165, 1.54) is 5.56 Å². The molecular weight excluding hydrogens is 212 g/mol. The Hall–Kier alpha value is -1.35. The molecule has 1 amide bonds. The summed E-state index contributed by atoms with van der Waals surface area (Å²) in [5.74, 6) is 0.235. The standard InChI is InChI=1S/C14H20N2O/c1-16(14(17)13-8-5-10-15-13)11-9-12-6-3-2-4-7-12/h2-4,6-7,13,15H,5,8-11H2,1H3. The number of carbonyl (C=O) groups is 1. The number of benzene rings is 1. The largest absolute Gasteiger partial charge is 0.344 e. The molecule has 0 saturated carbocycles. The van der Waals surface area contributed by atoms with Crippen molar-refractivity contribution in [1.82, 2.24) is 10.2 Å². The lowest BCUT2D eigenvalue weighted by Crippen LogP contribution is -2.42. The van der Waals surface area contributed by atoms with Crippen molar-refractivity contribution in [2.24, 2.45) is 0 Å². The summed E-state index contributed by atoms with van der Waals surface area (Å²) in [6.45, 7) is 1.77. The summed E-state index contributed by atoms with van der Waals surface area (Å²) in [7, 11) is 1.89. The van der Waals surface area contributed by atoms with Gasteiger partial charge in [-0.05, 0) is 31.4 Å². The van der Waals surface area contributed by atoms with Gasteiger partial charge in [0.15, 0.2) is 0 Å². The minimum absolute atomic E-state index is 0.0516. The minimum Gasteiger partial charge on any atom is -0.344 e. The maximum atomic E-state index is 12.0. The molecule has 0 aromatic heterocycles. The summed E-state index contributed by atoms with van der Waals surface area (Å²) in [6, 6.07) is 10.3. The fourth-order valence-corrected chi connectivity index (χ4v) is 2.21. The van der Waals surface area contributed by atoms with Gasteiger partial charge in [0.1, 0.15) is 0 Å². The van der Waals surface area contributed by atoms with E-state index in [0.29, 0.717) is 0 Å². The van der Waals surface area contributed by atoms with Crippen LogP contribution in [0.5, 0.6) is 0 Å². The van der Waals surface area contributed by atoms with E-state index in [9.17, 15) is 4.79 Å². The first-order valence-electron chi connectivity index (χ1n) is 6.29. The molecule has 1 aromatic carbocycles. The first kappa shape index (κ1) is 12.1. The van der Waals surface area contributed by atoms with Gasteiger partial charge in [-0.3, -0.25) is 4.79 Å². The maximum absolute atomic E-state index is 12.0. The normalized spacial score (nSPS) is 19.2. The molecule has 1 heterocycles. The predicted octanol–water partition coefficient (Wildman–Crippen LogP) is 1.44. The molecule has 0 aliphatic carbocycles. The third-order valence-electron chi connectivity index (χ3n) is 3.31. The van der Waals surface area contributed by atoms with Gasteiger partial charge in [-0.15, -0.1) is 0 Å². The quantitative estimate of drug-likeness (QED) is 0.852. The van der Waals surface area contributed by atoms with Gasteiger partial charge in [-0.25, -0.2) is 0 Å². The Morgan fingerprint density at radius 3 is 2.82 bits per heavy atom. The Morgan fingerprint density at radius 2 is 2.18 bits per heavy atom. The summed E-state index contributed by atoms with van der Waals surface area (Å²) >= 11 is 0. The third-order valence-corrected chi connectivity index (χ3v) is 3.31. The molecule has 92 valence electrons. The van der Waals surface area contributed by atoms with Crippen molar-refractivity contribution in [3.8, 4) is 0 Å². The first-order chi connectivity index (χ1) is 8.27. The molecule has 2 rings (SSSR count). The van der Waals surface area contributed by atoms with Crippen LogP contribution in [0.25, 0.3) is 0 Å². The zero-order chi connectivity index (χ0) is 12.1. The zero-order valence-corrected chi connectivity index (χ0v) is 10.4. The van der Waals surface area contributed by atoms with E-state index < -0.39 is 0 Å². The van der Waals surface area contributed by atoms with Gasteiger partial charge in [0.2, 0.25) is 5.91 Å². The molecule has 3 nitrogen and oxygen atoms in total. The Bertz CT molecular complexity index is 358. The van der Waals surface area contributed by atoms with Crippen LogP contribution in [-0.2, 0) is 11.2 Å². The van der Waals surface area contributed by atoms with Crippen molar-refractivity contribution < 1.29 is 4.79 Å². The molecule has 0 spiro atoms. The average Bonchev–Trinajstić information content (AvgIpc) is 2.90. The number of amides is 1. The number of carbonyl (C=O) groups excluding carboxylic acids is 1. The monoisotopic (exact) mass is 232 g/mol.